The number of thioether (sulfide) groups is 3. The minimum atomic E-state index is -1.36. The predicted octanol–water partition coefficient (Wildman–Crippen LogP) is 5.34. The summed E-state index contributed by atoms with van der Waals surface area (Å²) in [4.78, 5) is 2.51. The van der Waals surface area contributed by atoms with Crippen LogP contribution in [0.2, 0.25) is 19.6 Å². The zero-order chi connectivity index (χ0) is 15.9. The number of hydrogen-bond donors (Lipinski definition) is 1. The van der Waals surface area contributed by atoms with Crippen molar-refractivity contribution in [3.63, 3.8) is 0 Å². The molecule has 118 valence electrons. The fraction of sp³-hybridized carbons (Fsp3) is 0.500. The van der Waals surface area contributed by atoms with Gasteiger partial charge in [-0.3, -0.25) is 0 Å². The van der Waals surface area contributed by atoms with E-state index in [1.807, 2.05) is 35.7 Å². The zero-order valence-electron chi connectivity index (χ0n) is 13.6. The van der Waals surface area contributed by atoms with Crippen LogP contribution in [0, 0.1) is 0 Å². The Morgan fingerprint density at radius 1 is 1.14 bits per heavy atom. The van der Waals surface area contributed by atoms with Crippen molar-refractivity contribution in [2.75, 3.05) is 19.1 Å². The molecule has 0 fully saturated rings. The standard InChI is InChI=1S/C16H26OS3Si/c1-18-16(19-2,21(3,4)5)13-15(11-12-17)20-14-9-7-6-8-10-14/h6-11,17H,12-13H2,1-5H3. The van der Waals surface area contributed by atoms with Gasteiger partial charge in [-0.15, -0.1) is 0 Å². The fourth-order valence-electron chi connectivity index (χ4n) is 2.23. The van der Waals surface area contributed by atoms with E-state index in [0.717, 1.165) is 6.42 Å². The van der Waals surface area contributed by atoms with Crippen molar-refractivity contribution in [3.8, 4) is 0 Å². The van der Waals surface area contributed by atoms with E-state index in [4.69, 9.17) is 0 Å². The molecule has 0 heterocycles. The average Bonchev–Trinajstić information content (AvgIpc) is 2.44. The van der Waals surface area contributed by atoms with Gasteiger partial charge >= 0.3 is 0 Å². The van der Waals surface area contributed by atoms with Gasteiger partial charge in [0.15, 0.2) is 0 Å². The Morgan fingerprint density at radius 3 is 2.14 bits per heavy atom. The summed E-state index contributed by atoms with van der Waals surface area (Å²) >= 11 is 5.74. The van der Waals surface area contributed by atoms with Crippen LogP contribution in [0.25, 0.3) is 0 Å². The van der Waals surface area contributed by atoms with E-state index in [1.54, 1.807) is 11.8 Å². The van der Waals surface area contributed by atoms with E-state index in [2.05, 4.69) is 56.4 Å². The molecule has 0 bridgehead atoms. The smallest absolute Gasteiger partial charge is 0.0756 e. The van der Waals surface area contributed by atoms with Crippen LogP contribution < -0.4 is 0 Å². The Morgan fingerprint density at radius 2 is 1.71 bits per heavy atom. The van der Waals surface area contributed by atoms with Crippen LogP contribution in [0.15, 0.2) is 46.2 Å². The highest BCUT2D eigenvalue weighted by Crippen LogP contribution is 2.49. The molecular weight excluding hydrogens is 332 g/mol. The lowest BCUT2D eigenvalue weighted by atomic mass is 10.4. The molecule has 0 radical (unpaired) electrons. The molecule has 5 heteroatoms. The van der Waals surface area contributed by atoms with E-state index < -0.39 is 8.07 Å². The van der Waals surface area contributed by atoms with Gasteiger partial charge in [-0.25, -0.2) is 0 Å². The van der Waals surface area contributed by atoms with Gasteiger partial charge in [-0.1, -0.05) is 49.6 Å². The van der Waals surface area contributed by atoms with Crippen LogP contribution in [-0.4, -0.2) is 36.0 Å². The Bertz CT molecular complexity index is 450. The molecule has 0 aliphatic heterocycles. The molecule has 1 rings (SSSR count). The average molecular weight is 359 g/mol. The van der Waals surface area contributed by atoms with E-state index in [0.29, 0.717) is 0 Å². The first-order valence-electron chi connectivity index (χ1n) is 7.01. The largest absolute Gasteiger partial charge is 0.392 e. The van der Waals surface area contributed by atoms with Crippen molar-refractivity contribution >= 4 is 43.4 Å². The molecule has 1 nitrogen and oxygen atoms in total. The highest BCUT2D eigenvalue weighted by atomic mass is 32.2. The normalized spacial score (nSPS) is 13.5. The molecule has 0 aliphatic rings. The Kier molecular flexibility index (Phi) is 7.99. The van der Waals surface area contributed by atoms with Crippen molar-refractivity contribution in [1.29, 1.82) is 0 Å². The van der Waals surface area contributed by atoms with Gasteiger partial charge in [0.05, 0.1) is 18.4 Å². The SMILES string of the molecule is CSC(CC(=CCO)Sc1ccccc1)(SC)[Si](C)(C)C. The topological polar surface area (TPSA) is 20.2 Å². The van der Waals surface area contributed by atoms with Gasteiger partial charge in [0.2, 0.25) is 0 Å². The zero-order valence-corrected chi connectivity index (χ0v) is 17.0. The summed E-state index contributed by atoms with van der Waals surface area (Å²) in [7, 11) is -1.36. The van der Waals surface area contributed by atoms with Gasteiger partial charge < -0.3 is 5.11 Å². The van der Waals surface area contributed by atoms with Gasteiger partial charge in [0.1, 0.15) is 0 Å². The first-order valence-corrected chi connectivity index (χ1v) is 13.8. The van der Waals surface area contributed by atoms with Gasteiger partial charge in [-0.05, 0) is 42.0 Å². The third-order valence-electron chi connectivity index (χ3n) is 3.52. The Balaban J connectivity index is 2.99. The molecule has 0 aliphatic carbocycles. The van der Waals surface area contributed by atoms with Gasteiger partial charge in [-0.2, -0.15) is 23.5 Å². The van der Waals surface area contributed by atoms with E-state index in [1.165, 1.54) is 9.80 Å². The van der Waals surface area contributed by atoms with E-state index in [9.17, 15) is 5.11 Å². The van der Waals surface area contributed by atoms with Crippen LogP contribution in [0.3, 0.4) is 0 Å². The third-order valence-corrected chi connectivity index (χ3v) is 14.6. The maximum absolute atomic E-state index is 9.37. The second-order valence-corrected chi connectivity index (χ2v) is 15.6. The van der Waals surface area contributed by atoms with Crippen molar-refractivity contribution in [3.05, 3.63) is 41.3 Å². The highest BCUT2D eigenvalue weighted by Gasteiger charge is 2.42. The molecule has 0 unspecified atom stereocenters. The van der Waals surface area contributed by atoms with Crippen LogP contribution >= 0.6 is 35.3 Å². The summed E-state index contributed by atoms with van der Waals surface area (Å²) in [6.45, 7) is 7.41. The third kappa shape index (κ3) is 5.39. The van der Waals surface area contributed by atoms with Crippen LogP contribution in [-0.2, 0) is 0 Å². The summed E-state index contributed by atoms with van der Waals surface area (Å²) in [5.74, 6) is 0. The summed E-state index contributed by atoms with van der Waals surface area (Å²) in [6, 6.07) is 10.4. The molecule has 0 saturated heterocycles. The lowest BCUT2D eigenvalue weighted by molar-refractivity contribution is 0.342. The molecule has 0 amide bonds. The molecule has 0 spiro atoms. The maximum Gasteiger partial charge on any atom is 0.0756 e. The van der Waals surface area contributed by atoms with Crippen molar-refractivity contribution in [2.24, 2.45) is 0 Å². The Hall–Kier alpha value is 0.187. The number of allylic oxidation sites excluding steroid dienone is 1. The molecule has 1 aromatic rings. The van der Waals surface area contributed by atoms with Gasteiger partial charge in [0.25, 0.3) is 0 Å². The molecule has 1 N–H and O–H groups in total. The summed E-state index contributed by atoms with van der Waals surface area (Å²) in [6.07, 6.45) is 7.43. The van der Waals surface area contributed by atoms with Crippen LogP contribution in [0.4, 0.5) is 0 Å². The molecular formula is C16H26OS3Si. The van der Waals surface area contributed by atoms with Crippen molar-refractivity contribution < 1.29 is 5.11 Å². The summed E-state index contributed by atoms with van der Waals surface area (Å²) < 4.78 is 0.246. The van der Waals surface area contributed by atoms with E-state index >= 15 is 0 Å². The van der Waals surface area contributed by atoms with Crippen LogP contribution in [0.5, 0.6) is 0 Å². The van der Waals surface area contributed by atoms with Crippen molar-refractivity contribution in [1.82, 2.24) is 0 Å². The number of aliphatic hydroxyl groups excluding tert-OH is 1. The monoisotopic (exact) mass is 358 g/mol. The molecule has 0 atom stereocenters. The first kappa shape index (κ1) is 19.2. The summed E-state index contributed by atoms with van der Waals surface area (Å²) in [5, 5.41) is 9.37. The summed E-state index contributed by atoms with van der Waals surface area (Å²) in [5.41, 5.74) is 0. The molecule has 21 heavy (non-hydrogen) atoms. The number of hydrogen-bond acceptors (Lipinski definition) is 4. The second kappa shape index (κ2) is 8.72. The number of benzene rings is 1. The number of rotatable bonds is 8. The molecule has 0 aromatic heterocycles. The van der Waals surface area contributed by atoms with Crippen LogP contribution in [0.1, 0.15) is 6.42 Å². The lowest BCUT2D eigenvalue weighted by Gasteiger charge is -2.41. The van der Waals surface area contributed by atoms with Crippen molar-refractivity contribution in [2.45, 2.75) is 34.7 Å². The van der Waals surface area contributed by atoms with E-state index in [-0.39, 0.29) is 10.3 Å². The molecule has 1 aromatic carbocycles. The minimum absolute atomic E-state index is 0.111. The first-order chi connectivity index (χ1) is 9.88. The quantitative estimate of drug-likeness (QED) is 0.384. The predicted molar refractivity (Wildman–Crippen MR) is 105 cm³/mol. The Labute approximate surface area is 143 Å². The fourth-order valence-corrected chi connectivity index (χ4v) is 10.5. The lowest BCUT2D eigenvalue weighted by Crippen LogP contribution is -2.46. The number of aliphatic hydroxyl groups is 1. The van der Waals surface area contributed by atoms with Gasteiger partial charge in [0, 0.05) is 4.90 Å². The second-order valence-electron chi connectivity index (χ2n) is 5.86. The molecule has 0 saturated carbocycles. The minimum Gasteiger partial charge on any atom is -0.392 e. The highest BCUT2D eigenvalue weighted by molar-refractivity contribution is 8.20. The maximum atomic E-state index is 9.37.